The number of rotatable bonds is 8. The molecular weight excluding hydrogens is 580 g/mol. The monoisotopic (exact) mass is 618 g/mol. The Kier molecular flexibility index (Phi) is 8.66. The number of piperazine rings is 1. The minimum absolute atomic E-state index is 0.0175. The molecule has 1 amide bonds. The summed E-state index contributed by atoms with van der Waals surface area (Å²) in [6.45, 7) is 6.30. The summed E-state index contributed by atoms with van der Waals surface area (Å²) in [7, 11) is 6.41. The quantitative estimate of drug-likeness (QED) is 0.191. The first kappa shape index (κ1) is 30.7. The summed E-state index contributed by atoms with van der Waals surface area (Å²) in [6.07, 6.45) is 0. The van der Waals surface area contributed by atoms with E-state index >= 15 is 0 Å². The highest BCUT2D eigenvalue weighted by Crippen LogP contribution is 2.39. The Morgan fingerprint density at radius 2 is 1.30 bits per heavy atom. The second-order valence-electron chi connectivity index (χ2n) is 11.4. The molecule has 5 aromatic rings. The number of hydrogen-bond acceptors (Lipinski definition) is 8. The van der Waals surface area contributed by atoms with Crippen molar-refractivity contribution in [1.82, 2.24) is 14.9 Å². The topological polar surface area (TPSA) is 86.3 Å². The van der Waals surface area contributed by atoms with Crippen LogP contribution in [0.25, 0.3) is 33.5 Å². The van der Waals surface area contributed by atoms with Crippen LogP contribution in [-0.4, -0.2) is 74.9 Å². The smallest absolute Gasteiger partial charge is 0.254 e. The normalized spacial score (nSPS) is 14.7. The van der Waals surface area contributed by atoms with Crippen LogP contribution in [0, 0.1) is 6.92 Å². The van der Waals surface area contributed by atoms with Crippen LogP contribution in [0.15, 0.2) is 78.9 Å². The molecule has 0 N–H and O–H groups in total. The molecule has 9 nitrogen and oxygen atoms in total. The maximum absolute atomic E-state index is 13.8. The second-order valence-corrected chi connectivity index (χ2v) is 11.4. The molecule has 236 valence electrons. The molecule has 46 heavy (non-hydrogen) atoms. The van der Waals surface area contributed by atoms with Gasteiger partial charge < -0.3 is 28.7 Å². The first-order valence-electron chi connectivity index (χ1n) is 15.2. The molecule has 1 aliphatic rings. The third-order valence-corrected chi connectivity index (χ3v) is 8.47. The van der Waals surface area contributed by atoms with E-state index in [1.807, 2.05) is 59.5 Å². The van der Waals surface area contributed by atoms with Crippen LogP contribution < -0.4 is 23.8 Å². The van der Waals surface area contributed by atoms with Crippen molar-refractivity contribution < 1.29 is 23.7 Å². The lowest BCUT2D eigenvalue weighted by atomic mass is 10.0. The molecule has 9 heteroatoms. The molecular formula is C37H38N4O5. The van der Waals surface area contributed by atoms with E-state index < -0.39 is 0 Å². The lowest BCUT2D eigenvalue weighted by Crippen LogP contribution is -2.53. The fourth-order valence-electron chi connectivity index (χ4n) is 6.07. The predicted molar refractivity (Wildman–Crippen MR) is 181 cm³/mol. The standard InChI is InChI=1S/C37H38N4O5/c1-23-8-7-9-28(18-23)41-17-16-40(22-24(41)2)37(42)27-10-13-29-30(19-27)39-36(26-12-15-32(44-4)34(21-26)46-6)35(38-29)25-11-14-31(43-3)33(20-25)45-5/h7-15,18-21,24H,16-17,22H2,1-6H3. The fourth-order valence-corrected chi connectivity index (χ4v) is 6.07. The number of carbonyl (C=O) groups is 1. The van der Waals surface area contributed by atoms with E-state index in [9.17, 15) is 4.79 Å². The maximum Gasteiger partial charge on any atom is 0.254 e. The SMILES string of the molecule is COc1ccc(-c2nc3ccc(C(=O)N4CCN(c5cccc(C)c5)C(C)C4)cc3nc2-c2ccc(OC)c(OC)c2)cc1OC. The van der Waals surface area contributed by atoms with Crippen LogP contribution in [-0.2, 0) is 0 Å². The zero-order chi connectivity index (χ0) is 32.4. The Morgan fingerprint density at radius 3 is 1.87 bits per heavy atom. The van der Waals surface area contributed by atoms with Crippen molar-refractivity contribution >= 4 is 22.6 Å². The zero-order valence-electron chi connectivity index (χ0n) is 27.0. The Hall–Kier alpha value is -5.31. The van der Waals surface area contributed by atoms with Gasteiger partial charge in [-0.15, -0.1) is 0 Å². The number of hydrogen-bond donors (Lipinski definition) is 0. The summed E-state index contributed by atoms with van der Waals surface area (Å²) in [5.41, 5.74) is 7.15. The van der Waals surface area contributed by atoms with Gasteiger partial charge >= 0.3 is 0 Å². The Balaban J connectivity index is 1.38. The van der Waals surface area contributed by atoms with Crippen LogP contribution in [0.1, 0.15) is 22.8 Å². The van der Waals surface area contributed by atoms with Crippen molar-refractivity contribution in [3.05, 3.63) is 90.0 Å². The van der Waals surface area contributed by atoms with Gasteiger partial charge in [-0.3, -0.25) is 4.79 Å². The number of fused-ring (bicyclic) bond motifs is 1. The average Bonchev–Trinajstić information content (AvgIpc) is 3.09. The molecule has 1 saturated heterocycles. The number of carbonyl (C=O) groups excluding carboxylic acids is 1. The zero-order valence-corrected chi connectivity index (χ0v) is 27.0. The summed E-state index contributed by atoms with van der Waals surface area (Å²) in [4.78, 5) is 28.3. The van der Waals surface area contributed by atoms with E-state index in [1.165, 1.54) is 11.3 Å². The predicted octanol–water partition coefficient (Wildman–Crippen LogP) is 6.66. The van der Waals surface area contributed by atoms with Crippen molar-refractivity contribution in [3.63, 3.8) is 0 Å². The van der Waals surface area contributed by atoms with Gasteiger partial charge in [-0.25, -0.2) is 9.97 Å². The van der Waals surface area contributed by atoms with E-state index in [0.717, 1.165) is 17.7 Å². The molecule has 1 aliphatic heterocycles. The van der Waals surface area contributed by atoms with Crippen LogP contribution in [0.5, 0.6) is 23.0 Å². The summed E-state index contributed by atoms with van der Waals surface area (Å²) < 4.78 is 22.1. The number of benzene rings is 4. The molecule has 2 heterocycles. The van der Waals surface area contributed by atoms with Gasteiger partial charge in [-0.1, -0.05) is 12.1 Å². The maximum atomic E-state index is 13.8. The van der Waals surface area contributed by atoms with Crippen molar-refractivity contribution in [2.75, 3.05) is 53.0 Å². The van der Waals surface area contributed by atoms with Crippen LogP contribution in [0.4, 0.5) is 5.69 Å². The minimum atomic E-state index is -0.0175. The first-order chi connectivity index (χ1) is 22.3. The van der Waals surface area contributed by atoms with Gasteiger partial charge in [0.1, 0.15) is 0 Å². The molecule has 6 rings (SSSR count). The number of amides is 1. The van der Waals surface area contributed by atoms with Gasteiger partial charge in [0, 0.05) is 48.1 Å². The number of anilines is 1. The van der Waals surface area contributed by atoms with E-state index in [-0.39, 0.29) is 11.9 Å². The third-order valence-electron chi connectivity index (χ3n) is 8.47. The minimum Gasteiger partial charge on any atom is -0.493 e. The van der Waals surface area contributed by atoms with E-state index in [4.69, 9.17) is 28.9 Å². The van der Waals surface area contributed by atoms with E-state index in [1.54, 1.807) is 28.4 Å². The molecule has 0 saturated carbocycles. The number of aryl methyl sites for hydroxylation is 1. The number of aromatic nitrogens is 2. The van der Waals surface area contributed by atoms with Crippen LogP contribution >= 0.6 is 0 Å². The van der Waals surface area contributed by atoms with Gasteiger partial charge in [0.15, 0.2) is 23.0 Å². The van der Waals surface area contributed by atoms with Crippen molar-refractivity contribution in [3.8, 4) is 45.5 Å². The molecule has 0 spiro atoms. The fraction of sp³-hybridized carbons (Fsp3) is 0.270. The molecule has 0 aliphatic carbocycles. The third kappa shape index (κ3) is 5.88. The van der Waals surface area contributed by atoms with Crippen molar-refractivity contribution in [2.45, 2.75) is 19.9 Å². The summed E-state index contributed by atoms with van der Waals surface area (Å²) in [5.74, 6) is 2.36. The summed E-state index contributed by atoms with van der Waals surface area (Å²) in [5, 5.41) is 0. The molecule has 1 atom stereocenters. The van der Waals surface area contributed by atoms with Gasteiger partial charge in [0.25, 0.3) is 5.91 Å². The average molecular weight is 619 g/mol. The summed E-state index contributed by atoms with van der Waals surface area (Å²) >= 11 is 0. The van der Waals surface area contributed by atoms with Crippen LogP contribution in [0.3, 0.4) is 0 Å². The van der Waals surface area contributed by atoms with E-state index in [2.05, 4.69) is 43.0 Å². The molecule has 1 aromatic heterocycles. The number of ether oxygens (including phenoxy) is 4. The van der Waals surface area contributed by atoms with E-state index in [0.29, 0.717) is 64.1 Å². The van der Waals surface area contributed by atoms with Crippen molar-refractivity contribution in [2.24, 2.45) is 0 Å². The molecule has 0 bridgehead atoms. The highest BCUT2D eigenvalue weighted by molar-refractivity contribution is 5.98. The van der Waals surface area contributed by atoms with Gasteiger partial charge in [0.05, 0.1) is 50.9 Å². The lowest BCUT2D eigenvalue weighted by Gasteiger charge is -2.41. The number of methoxy groups -OCH3 is 4. The van der Waals surface area contributed by atoms with Gasteiger partial charge in [0.2, 0.25) is 0 Å². The first-order valence-corrected chi connectivity index (χ1v) is 15.2. The molecule has 4 aromatic carbocycles. The highest BCUT2D eigenvalue weighted by Gasteiger charge is 2.28. The van der Waals surface area contributed by atoms with Gasteiger partial charge in [-0.2, -0.15) is 0 Å². The Morgan fingerprint density at radius 1 is 0.696 bits per heavy atom. The largest absolute Gasteiger partial charge is 0.493 e. The second kappa shape index (κ2) is 13.0. The van der Waals surface area contributed by atoms with Crippen molar-refractivity contribution in [1.29, 1.82) is 0 Å². The van der Waals surface area contributed by atoms with Crippen LogP contribution in [0.2, 0.25) is 0 Å². The Bertz CT molecular complexity index is 1910. The molecule has 0 radical (unpaired) electrons. The number of nitrogens with zero attached hydrogens (tertiary/aromatic N) is 4. The molecule has 1 fully saturated rings. The van der Waals surface area contributed by atoms with Gasteiger partial charge in [-0.05, 0) is 86.1 Å². The highest BCUT2D eigenvalue weighted by atomic mass is 16.5. The lowest BCUT2D eigenvalue weighted by molar-refractivity contribution is 0.0726. The summed E-state index contributed by atoms with van der Waals surface area (Å²) in [6, 6.07) is 25.5. The molecule has 1 unspecified atom stereocenters. The Labute approximate surface area is 269 Å².